The fraction of sp³-hybridized carbons (Fsp3) is 0.880. The van der Waals surface area contributed by atoms with Gasteiger partial charge in [0.1, 0.15) is 6.10 Å². The first-order valence-electron chi connectivity index (χ1n) is 11.6. The number of fused-ring (bicyclic) bond motifs is 3. The van der Waals surface area contributed by atoms with E-state index in [1.165, 1.54) is 44.9 Å². The predicted molar refractivity (Wildman–Crippen MR) is 112 cm³/mol. The topological polar surface area (TPSA) is 46.5 Å². The van der Waals surface area contributed by atoms with E-state index in [2.05, 4.69) is 20.8 Å². The van der Waals surface area contributed by atoms with Gasteiger partial charge >= 0.3 is 5.97 Å². The molecule has 7 atom stereocenters. The molecule has 4 fully saturated rings. The maximum atomic E-state index is 12.5. The second-order valence-electron chi connectivity index (χ2n) is 11.4. The SMILES string of the molecule is C/C=C(/C)C(=O)O[C@@H]1CC[C@]2(C)[C@H](CC[C@@]34C[C@@H](CC[C@@H]32)[C@@H](CO)C4)C1(C)C. The Morgan fingerprint density at radius 3 is 2.50 bits per heavy atom. The quantitative estimate of drug-likeness (QED) is 0.512. The molecule has 2 bridgehead atoms. The first-order chi connectivity index (χ1) is 13.2. The summed E-state index contributed by atoms with van der Waals surface area (Å²) in [5.41, 5.74) is 1.55. The molecule has 3 nitrogen and oxygen atoms in total. The first-order valence-corrected chi connectivity index (χ1v) is 11.6. The summed E-state index contributed by atoms with van der Waals surface area (Å²) < 4.78 is 6.04. The van der Waals surface area contributed by atoms with Crippen LogP contribution in [0.2, 0.25) is 0 Å². The van der Waals surface area contributed by atoms with Crippen molar-refractivity contribution in [2.24, 2.45) is 39.9 Å². The van der Waals surface area contributed by atoms with E-state index in [1.807, 2.05) is 19.9 Å². The van der Waals surface area contributed by atoms with Gasteiger partial charge in [0.05, 0.1) is 0 Å². The van der Waals surface area contributed by atoms with Crippen LogP contribution in [0, 0.1) is 39.9 Å². The lowest BCUT2D eigenvalue weighted by Crippen LogP contribution is -2.59. The van der Waals surface area contributed by atoms with Gasteiger partial charge in [-0.1, -0.05) is 26.8 Å². The maximum absolute atomic E-state index is 12.5. The van der Waals surface area contributed by atoms with Gasteiger partial charge in [-0.3, -0.25) is 0 Å². The maximum Gasteiger partial charge on any atom is 0.333 e. The molecular formula is C25H40O3. The third kappa shape index (κ3) is 2.82. The zero-order chi connectivity index (χ0) is 20.3. The highest BCUT2D eigenvalue weighted by atomic mass is 16.5. The summed E-state index contributed by atoms with van der Waals surface area (Å²) >= 11 is 0. The van der Waals surface area contributed by atoms with Crippen LogP contribution in [0.3, 0.4) is 0 Å². The molecule has 0 amide bonds. The minimum atomic E-state index is -0.140. The zero-order valence-corrected chi connectivity index (χ0v) is 18.6. The molecule has 0 heterocycles. The van der Waals surface area contributed by atoms with E-state index in [0.29, 0.717) is 34.8 Å². The number of allylic oxidation sites excluding steroid dienone is 1. The van der Waals surface area contributed by atoms with Gasteiger partial charge in [0, 0.05) is 17.6 Å². The van der Waals surface area contributed by atoms with E-state index in [4.69, 9.17) is 4.74 Å². The van der Waals surface area contributed by atoms with Crippen LogP contribution in [0.25, 0.3) is 0 Å². The largest absolute Gasteiger partial charge is 0.458 e. The molecule has 1 spiro atoms. The molecule has 0 aliphatic heterocycles. The molecule has 158 valence electrons. The molecule has 0 saturated heterocycles. The van der Waals surface area contributed by atoms with Crippen molar-refractivity contribution in [3.05, 3.63) is 11.6 Å². The van der Waals surface area contributed by atoms with Crippen molar-refractivity contribution in [1.82, 2.24) is 0 Å². The van der Waals surface area contributed by atoms with E-state index < -0.39 is 0 Å². The van der Waals surface area contributed by atoms with Gasteiger partial charge in [-0.2, -0.15) is 0 Å². The average Bonchev–Trinajstić information content (AvgIpc) is 2.93. The Kier molecular flexibility index (Phi) is 5.01. The van der Waals surface area contributed by atoms with Crippen molar-refractivity contribution in [3.63, 3.8) is 0 Å². The summed E-state index contributed by atoms with van der Waals surface area (Å²) in [4.78, 5) is 12.5. The van der Waals surface area contributed by atoms with Crippen molar-refractivity contribution in [2.45, 2.75) is 92.1 Å². The van der Waals surface area contributed by atoms with Gasteiger partial charge < -0.3 is 9.84 Å². The molecule has 28 heavy (non-hydrogen) atoms. The third-order valence-electron chi connectivity index (χ3n) is 10.0. The Morgan fingerprint density at radius 1 is 1.07 bits per heavy atom. The molecule has 0 unspecified atom stereocenters. The summed E-state index contributed by atoms with van der Waals surface area (Å²) in [6, 6.07) is 0. The molecule has 0 aromatic carbocycles. The molecule has 4 saturated carbocycles. The molecular weight excluding hydrogens is 348 g/mol. The van der Waals surface area contributed by atoms with Crippen molar-refractivity contribution in [2.75, 3.05) is 6.61 Å². The Morgan fingerprint density at radius 2 is 1.82 bits per heavy atom. The summed E-state index contributed by atoms with van der Waals surface area (Å²) in [6.07, 6.45) is 11.8. The van der Waals surface area contributed by atoms with Crippen LogP contribution in [0.4, 0.5) is 0 Å². The number of carbonyl (C=O) groups excluding carboxylic acids is 1. The van der Waals surface area contributed by atoms with Gasteiger partial charge in [0.2, 0.25) is 0 Å². The Balaban J connectivity index is 1.59. The minimum Gasteiger partial charge on any atom is -0.458 e. The molecule has 1 N–H and O–H groups in total. The van der Waals surface area contributed by atoms with E-state index in [-0.39, 0.29) is 17.5 Å². The van der Waals surface area contributed by atoms with E-state index in [9.17, 15) is 9.90 Å². The second kappa shape index (κ2) is 6.86. The number of hydrogen-bond donors (Lipinski definition) is 1. The van der Waals surface area contributed by atoms with Gasteiger partial charge in [-0.15, -0.1) is 0 Å². The van der Waals surface area contributed by atoms with E-state index >= 15 is 0 Å². The lowest BCUT2D eigenvalue weighted by Gasteiger charge is -2.65. The smallest absolute Gasteiger partial charge is 0.333 e. The van der Waals surface area contributed by atoms with Crippen molar-refractivity contribution in [3.8, 4) is 0 Å². The van der Waals surface area contributed by atoms with Gasteiger partial charge in [0.25, 0.3) is 0 Å². The third-order valence-corrected chi connectivity index (χ3v) is 10.0. The lowest BCUT2D eigenvalue weighted by molar-refractivity contribution is -0.196. The summed E-state index contributed by atoms with van der Waals surface area (Å²) in [6.45, 7) is 11.4. The molecule has 4 aliphatic rings. The fourth-order valence-corrected chi connectivity index (χ4v) is 8.56. The fourth-order valence-electron chi connectivity index (χ4n) is 8.56. The number of hydrogen-bond acceptors (Lipinski definition) is 3. The van der Waals surface area contributed by atoms with Crippen molar-refractivity contribution >= 4 is 5.97 Å². The van der Waals surface area contributed by atoms with Crippen LogP contribution in [0.1, 0.15) is 86.0 Å². The van der Waals surface area contributed by atoms with Crippen LogP contribution < -0.4 is 0 Å². The Bertz CT molecular complexity index is 665. The zero-order valence-electron chi connectivity index (χ0n) is 18.6. The van der Waals surface area contributed by atoms with Crippen LogP contribution in [0.5, 0.6) is 0 Å². The number of carbonyl (C=O) groups is 1. The van der Waals surface area contributed by atoms with Crippen LogP contribution in [0.15, 0.2) is 11.6 Å². The van der Waals surface area contributed by atoms with Crippen molar-refractivity contribution in [1.29, 1.82) is 0 Å². The molecule has 4 rings (SSSR count). The predicted octanol–water partition coefficient (Wildman–Crippen LogP) is 5.52. The van der Waals surface area contributed by atoms with Gasteiger partial charge in [-0.25, -0.2) is 4.79 Å². The molecule has 0 radical (unpaired) electrons. The monoisotopic (exact) mass is 388 g/mol. The minimum absolute atomic E-state index is 0.0180. The standard InChI is InChI=1S/C25H40O3/c1-6-16(2)22(27)28-21-10-11-24(5)19(23(21,3)4)9-12-25-13-17(7-8-20(24)25)18(14-25)15-26/h6,17-21,26H,7-15H2,1-5H3/b16-6-/t17-,18-,19-,20-,21-,24-,25+/m1/s1. The molecule has 3 heteroatoms. The van der Waals surface area contributed by atoms with Crippen LogP contribution in [-0.2, 0) is 9.53 Å². The van der Waals surface area contributed by atoms with E-state index in [1.54, 1.807) is 0 Å². The average molecular weight is 389 g/mol. The highest BCUT2D eigenvalue weighted by Crippen LogP contribution is 2.72. The van der Waals surface area contributed by atoms with Crippen molar-refractivity contribution < 1.29 is 14.6 Å². The molecule has 0 aromatic rings. The highest BCUT2D eigenvalue weighted by molar-refractivity contribution is 5.87. The molecule has 4 aliphatic carbocycles. The number of aliphatic hydroxyl groups is 1. The van der Waals surface area contributed by atoms with E-state index in [0.717, 1.165) is 18.3 Å². The van der Waals surface area contributed by atoms with Crippen LogP contribution >= 0.6 is 0 Å². The lowest BCUT2D eigenvalue weighted by atomic mass is 9.41. The van der Waals surface area contributed by atoms with Gasteiger partial charge in [0.15, 0.2) is 0 Å². The number of esters is 1. The highest BCUT2D eigenvalue weighted by Gasteiger charge is 2.65. The van der Waals surface area contributed by atoms with Gasteiger partial charge in [-0.05, 0) is 99.7 Å². The first kappa shape index (κ1) is 20.4. The second-order valence-corrected chi connectivity index (χ2v) is 11.4. The number of ether oxygens (including phenoxy) is 1. The Hall–Kier alpha value is -0.830. The number of rotatable bonds is 3. The summed E-state index contributed by atoms with van der Waals surface area (Å²) in [5, 5.41) is 9.91. The normalized spacial score (nSPS) is 47.2. The summed E-state index contributed by atoms with van der Waals surface area (Å²) in [7, 11) is 0. The van der Waals surface area contributed by atoms with Crippen LogP contribution in [-0.4, -0.2) is 23.8 Å². The Labute approximate surface area is 171 Å². The molecule has 0 aromatic heterocycles. The number of aliphatic hydroxyl groups excluding tert-OH is 1. The summed E-state index contributed by atoms with van der Waals surface area (Å²) in [5.74, 6) is 2.55.